The van der Waals surface area contributed by atoms with Gasteiger partial charge in [-0.2, -0.15) is 0 Å². The van der Waals surface area contributed by atoms with E-state index in [2.05, 4.69) is 55.6 Å². The molecule has 68 valence electrons. The molecule has 0 aliphatic heterocycles. The maximum absolute atomic E-state index is 3.51. The van der Waals surface area contributed by atoms with Crippen molar-refractivity contribution in [3.8, 4) is 0 Å². The van der Waals surface area contributed by atoms with Gasteiger partial charge in [-0.05, 0) is 25.0 Å². The highest BCUT2D eigenvalue weighted by Crippen LogP contribution is 2.27. The predicted molar refractivity (Wildman–Crippen MR) is 56.5 cm³/mol. The molecule has 0 fully saturated rings. The van der Waals surface area contributed by atoms with Gasteiger partial charge in [-0.1, -0.05) is 36.4 Å². The summed E-state index contributed by atoms with van der Waals surface area (Å²) in [6.45, 7) is 4.35. The van der Waals surface area contributed by atoms with E-state index in [4.69, 9.17) is 0 Å². The Balaban J connectivity index is 2.23. The predicted octanol–water partition coefficient (Wildman–Crippen LogP) is 2.75. The first-order valence-corrected chi connectivity index (χ1v) is 4.80. The average Bonchev–Trinajstić information content (AvgIpc) is 2.48. The van der Waals surface area contributed by atoms with Crippen molar-refractivity contribution in [1.29, 1.82) is 0 Å². The zero-order valence-electron chi connectivity index (χ0n) is 8.12. The fraction of sp³-hybridized carbons (Fsp3) is 0.333. The smallest absolute Gasteiger partial charge is 0.0517 e. The lowest BCUT2D eigenvalue weighted by Crippen LogP contribution is -2.25. The molecule has 1 aliphatic carbocycles. The van der Waals surface area contributed by atoms with Crippen molar-refractivity contribution in [3.63, 3.8) is 0 Å². The standard InChI is InChI=1S/C12H15N/c1-9(2)13-12-8-7-10-5-3-4-6-11(10)12/h3-9,12-13H,1-2H3. The Labute approximate surface area is 79.5 Å². The molecule has 0 radical (unpaired) electrons. The van der Waals surface area contributed by atoms with E-state index >= 15 is 0 Å². The van der Waals surface area contributed by atoms with Gasteiger partial charge in [-0.25, -0.2) is 0 Å². The topological polar surface area (TPSA) is 12.0 Å². The van der Waals surface area contributed by atoms with E-state index in [1.54, 1.807) is 0 Å². The summed E-state index contributed by atoms with van der Waals surface area (Å²) in [6.07, 6.45) is 4.42. The number of hydrogen-bond donors (Lipinski definition) is 1. The van der Waals surface area contributed by atoms with Crippen LogP contribution in [-0.2, 0) is 0 Å². The highest BCUT2D eigenvalue weighted by atomic mass is 14.9. The largest absolute Gasteiger partial charge is 0.304 e. The van der Waals surface area contributed by atoms with Gasteiger partial charge >= 0.3 is 0 Å². The summed E-state index contributed by atoms with van der Waals surface area (Å²) in [5.41, 5.74) is 2.75. The molecule has 1 N–H and O–H groups in total. The van der Waals surface area contributed by atoms with Crippen LogP contribution >= 0.6 is 0 Å². The maximum Gasteiger partial charge on any atom is 0.0517 e. The molecule has 1 atom stereocenters. The van der Waals surface area contributed by atoms with Gasteiger partial charge < -0.3 is 5.32 Å². The van der Waals surface area contributed by atoms with Crippen molar-refractivity contribution in [2.24, 2.45) is 0 Å². The Bertz CT molecular complexity index is 326. The molecule has 0 amide bonds. The minimum absolute atomic E-state index is 0.413. The Morgan fingerprint density at radius 3 is 2.77 bits per heavy atom. The quantitative estimate of drug-likeness (QED) is 0.725. The second kappa shape index (κ2) is 3.35. The van der Waals surface area contributed by atoms with E-state index in [1.165, 1.54) is 11.1 Å². The number of nitrogens with one attached hydrogen (secondary N) is 1. The Morgan fingerprint density at radius 1 is 1.23 bits per heavy atom. The van der Waals surface area contributed by atoms with Crippen LogP contribution in [0.2, 0.25) is 0 Å². The molecule has 0 saturated heterocycles. The molecule has 0 bridgehead atoms. The SMILES string of the molecule is CC(C)NC1C=Cc2ccccc21. The second-order valence-corrected chi connectivity index (χ2v) is 3.79. The van der Waals surface area contributed by atoms with Crippen molar-refractivity contribution in [1.82, 2.24) is 5.32 Å². The van der Waals surface area contributed by atoms with Gasteiger partial charge in [-0.3, -0.25) is 0 Å². The lowest BCUT2D eigenvalue weighted by atomic mass is 10.1. The lowest BCUT2D eigenvalue weighted by Gasteiger charge is -2.15. The van der Waals surface area contributed by atoms with Crippen molar-refractivity contribution in [2.75, 3.05) is 0 Å². The van der Waals surface area contributed by atoms with Crippen LogP contribution in [0.3, 0.4) is 0 Å². The van der Waals surface area contributed by atoms with Crippen LogP contribution < -0.4 is 5.32 Å². The second-order valence-electron chi connectivity index (χ2n) is 3.79. The van der Waals surface area contributed by atoms with Crippen LogP contribution in [-0.4, -0.2) is 6.04 Å². The zero-order chi connectivity index (χ0) is 9.26. The molecule has 13 heavy (non-hydrogen) atoms. The summed E-state index contributed by atoms with van der Waals surface area (Å²) in [5.74, 6) is 0. The van der Waals surface area contributed by atoms with Gasteiger partial charge in [0, 0.05) is 6.04 Å². The van der Waals surface area contributed by atoms with Crippen LogP contribution in [0.15, 0.2) is 30.3 Å². The van der Waals surface area contributed by atoms with E-state index in [0.717, 1.165) is 0 Å². The van der Waals surface area contributed by atoms with Gasteiger partial charge in [0.25, 0.3) is 0 Å². The molecular weight excluding hydrogens is 158 g/mol. The number of fused-ring (bicyclic) bond motifs is 1. The number of rotatable bonds is 2. The summed E-state index contributed by atoms with van der Waals surface area (Å²) in [5, 5.41) is 3.51. The molecule has 0 heterocycles. The Morgan fingerprint density at radius 2 is 2.00 bits per heavy atom. The summed E-state index contributed by atoms with van der Waals surface area (Å²) >= 11 is 0. The summed E-state index contributed by atoms with van der Waals surface area (Å²) in [7, 11) is 0. The fourth-order valence-corrected chi connectivity index (χ4v) is 1.75. The molecule has 1 aromatic rings. The first-order chi connectivity index (χ1) is 6.27. The molecule has 1 unspecified atom stereocenters. The minimum Gasteiger partial charge on any atom is -0.304 e. The summed E-state index contributed by atoms with van der Waals surface area (Å²) < 4.78 is 0. The minimum atomic E-state index is 0.413. The van der Waals surface area contributed by atoms with Gasteiger partial charge in [0.2, 0.25) is 0 Å². The van der Waals surface area contributed by atoms with E-state index in [1.807, 2.05) is 0 Å². The third kappa shape index (κ3) is 1.65. The van der Waals surface area contributed by atoms with Gasteiger partial charge in [0.05, 0.1) is 6.04 Å². The molecule has 0 aromatic heterocycles. The normalized spacial score (nSPS) is 19.5. The summed E-state index contributed by atoms with van der Waals surface area (Å²) in [6, 6.07) is 9.47. The van der Waals surface area contributed by atoms with Crippen LogP contribution in [0.1, 0.15) is 31.0 Å². The van der Waals surface area contributed by atoms with Crippen molar-refractivity contribution >= 4 is 6.08 Å². The maximum atomic E-state index is 3.51. The molecule has 0 saturated carbocycles. The first kappa shape index (κ1) is 8.52. The lowest BCUT2D eigenvalue weighted by molar-refractivity contribution is 0.544. The van der Waals surface area contributed by atoms with Crippen molar-refractivity contribution in [3.05, 3.63) is 41.5 Å². The van der Waals surface area contributed by atoms with E-state index in [-0.39, 0.29) is 0 Å². The number of benzene rings is 1. The molecule has 1 nitrogen and oxygen atoms in total. The van der Waals surface area contributed by atoms with Crippen LogP contribution in [0, 0.1) is 0 Å². The van der Waals surface area contributed by atoms with Crippen molar-refractivity contribution < 1.29 is 0 Å². The monoisotopic (exact) mass is 173 g/mol. The fourth-order valence-electron chi connectivity index (χ4n) is 1.75. The van der Waals surface area contributed by atoms with Gasteiger partial charge in [0.15, 0.2) is 0 Å². The van der Waals surface area contributed by atoms with Crippen LogP contribution in [0.25, 0.3) is 6.08 Å². The number of hydrogen-bond acceptors (Lipinski definition) is 1. The molecule has 0 spiro atoms. The van der Waals surface area contributed by atoms with E-state index < -0.39 is 0 Å². The highest BCUT2D eigenvalue weighted by molar-refractivity contribution is 5.61. The molecule has 1 heteroatoms. The third-order valence-corrected chi connectivity index (χ3v) is 2.31. The first-order valence-electron chi connectivity index (χ1n) is 4.80. The third-order valence-electron chi connectivity index (χ3n) is 2.31. The molecule has 1 aliphatic rings. The van der Waals surface area contributed by atoms with Gasteiger partial charge in [0.1, 0.15) is 0 Å². The molecular formula is C12H15N. The van der Waals surface area contributed by atoms with E-state index in [0.29, 0.717) is 12.1 Å². The van der Waals surface area contributed by atoms with Gasteiger partial charge in [-0.15, -0.1) is 0 Å². The van der Waals surface area contributed by atoms with Crippen molar-refractivity contribution in [2.45, 2.75) is 25.9 Å². The highest BCUT2D eigenvalue weighted by Gasteiger charge is 2.16. The summed E-state index contributed by atoms with van der Waals surface area (Å²) in [4.78, 5) is 0. The Kier molecular flexibility index (Phi) is 2.19. The van der Waals surface area contributed by atoms with E-state index in [9.17, 15) is 0 Å². The Hall–Kier alpha value is -1.08. The zero-order valence-corrected chi connectivity index (χ0v) is 8.12. The average molecular weight is 173 g/mol. The molecule has 1 aromatic carbocycles. The van der Waals surface area contributed by atoms with Crippen LogP contribution in [0.5, 0.6) is 0 Å². The molecule has 2 rings (SSSR count). The van der Waals surface area contributed by atoms with Crippen LogP contribution in [0.4, 0.5) is 0 Å².